The monoisotopic (exact) mass is 480 g/mol. The quantitative estimate of drug-likeness (QED) is 0.586. The molecule has 0 bridgehead atoms. The minimum atomic E-state index is -0.427. The number of hydrogen-bond acceptors (Lipinski definition) is 4. The van der Waals surface area contributed by atoms with Crippen LogP contribution in [0.15, 0.2) is 18.2 Å². The predicted octanol–water partition coefficient (Wildman–Crippen LogP) is 3.02. The van der Waals surface area contributed by atoms with Crippen molar-refractivity contribution in [2.75, 3.05) is 31.6 Å². The number of aromatic nitrogens is 1. The lowest BCUT2D eigenvalue weighted by Crippen LogP contribution is -2.49. The van der Waals surface area contributed by atoms with Gasteiger partial charge in [-0.15, -0.1) is 0 Å². The van der Waals surface area contributed by atoms with Crippen LogP contribution >= 0.6 is 0 Å². The molecule has 3 amide bonds. The number of ether oxygens (including phenoxy) is 1. The fraction of sp³-hybridized carbons (Fsp3) is 0.423. The molecule has 2 aromatic rings. The molecular formula is C26H29FN4O4. The van der Waals surface area contributed by atoms with E-state index in [2.05, 4.69) is 15.6 Å². The van der Waals surface area contributed by atoms with Crippen LogP contribution < -0.4 is 10.6 Å². The Bertz CT molecular complexity index is 1230. The van der Waals surface area contributed by atoms with Gasteiger partial charge in [0.15, 0.2) is 0 Å². The van der Waals surface area contributed by atoms with Crippen LogP contribution in [0.4, 0.5) is 10.1 Å². The number of anilines is 1. The van der Waals surface area contributed by atoms with Crippen LogP contribution in [0, 0.1) is 25.6 Å². The van der Waals surface area contributed by atoms with Gasteiger partial charge in [-0.1, -0.05) is 6.42 Å². The summed E-state index contributed by atoms with van der Waals surface area (Å²) in [6, 6.07) is 3.94. The number of rotatable bonds is 4. The fourth-order valence-corrected chi connectivity index (χ4v) is 5.39. The SMILES string of the molecule is Cc1[nH]c(C=C2C(=O)Nc3ccc(F)cc32)c(C)c1C(=O)N[C@@H]1CCC[C@@H]1C(=O)N1CCOCC1. The molecule has 0 radical (unpaired) electrons. The van der Waals surface area contributed by atoms with E-state index < -0.39 is 5.82 Å². The number of morpholine rings is 1. The zero-order valence-electron chi connectivity index (χ0n) is 19.9. The number of aromatic amines is 1. The fourth-order valence-electron chi connectivity index (χ4n) is 5.39. The van der Waals surface area contributed by atoms with E-state index in [4.69, 9.17) is 4.74 Å². The lowest BCUT2D eigenvalue weighted by Gasteiger charge is -2.31. The maximum absolute atomic E-state index is 13.8. The molecule has 9 heteroatoms. The highest BCUT2D eigenvalue weighted by atomic mass is 19.1. The minimum Gasteiger partial charge on any atom is -0.378 e. The van der Waals surface area contributed by atoms with Gasteiger partial charge in [0.2, 0.25) is 5.91 Å². The van der Waals surface area contributed by atoms with Crippen LogP contribution in [0.2, 0.25) is 0 Å². The molecule has 35 heavy (non-hydrogen) atoms. The summed E-state index contributed by atoms with van der Waals surface area (Å²) in [5.41, 5.74) is 3.85. The summed E-state index contributed by atoms with van der Waals surface area (Å²) < 4.78 is 19.1. The highest BCUT2D eigenvalue weighted by molar-refractivity contribution is 6.34. The summed E-state index contributed by atoms with van der Waals surface area (Å²) >= 11 is 0. The molecule has 1 saturated carbocycles. The number of nitrogens with one attached hydrogen (secondary N) is 3. The molecule has 2 atom stereocenters. The number of H-pyrrole nitrogens is 1. The van der Waals surface area contributed by atoms with Gasteiger partial charge in [-0.2, -0.15) is 0 Å². The van der Waals surface area contributed by atoms with E-state index in [0.29, 0.717) is 65.6 Å². The predicted molar refractivity (Wildman–Crippen MR) is 129 cm³/mol. The molecular weight excluding hydrogens is 451 g/mol. The van der Waals surface area contributed by atoms with Crippen LogP contribution in [-0.4, -0.2) is 60.0 Å². The smallest absolute Gasteiger partial charge is 0.256 e. The number of benzene rings is 1. The molecule has 1 aliphatic carbocycles. The molecule has 5 rings (SSSR count). The summed E-state index contributed by atoms with van der Waals surface area (Å²) in [7, 11) is 0. The standard InChI is InChI=1S/C26H29FN4O4/c1-14-22(13-19-18-12-16(27)6-7-21(18)29-24(19)32)28-15(2)23(14)25(33)30-20-5-3-4-17(20)26(34)31-8-10-35-11-9-31/h6-7,12-13,17,20,28H,3-5,8-11H2,1-2H3,(H,29,32)(H,30,33)/t17-,20+/m0/s1. The third-order valence-corrected chi connectivity index (χ3v) is 7.23. The first kappa shape index (κ1) is 23.3. The van der Waals surface area contributed by atoms with Crippen LogP contribution in [0.3, 0.4) is 0 Å². The molecule has 8 nitrogen and oxygen atoms in total. The van der Waals surface area contributed by atoms with E-state index in [9.17, 15) is 18.8 Å². The van der Waals surface area contributed by atoms with Gasteiger partial charge < -0.3 is 25.3 Å². The Morgan fingerprint density at radius 1 is 1.20 bits per heavy atom. The zero-order valence-corrected chi connectivity index (χ0v) is 19.9. The number of amides is 3. The first-order valence-corrected chi connectivity index (χ1v) is 12.0. The summed E-state index contributed by atoms with van der Waals surface area (Å²) in [4.78, 5) is 43.9. The second-order valence-corrected chi connectivity index (χ2v) is 9.42. The Kier molecular flexibility index (Phi) is 6.19. The molecule has 0 unspecified atom stereocenters. The van der Waals surface area contributed by atoms with Crippen molar-refractivity contribution in [2.45, 2.75) is 39.2 Å². The van der Waals surface area contributed by atoms with E-state index >= 15 is 0 Å². The largest absolute Gasteiger partial charge is 0.378 e. The van der Waals surface area contributed by atoms with E-state index in [0.717, 1.165) is 19.3 Å². The lowest BCUT2D eigenvalue weighted by atomic mass is 10.00. The van der Waals surface area contributed by atoms with Crippen LogP contribution in [0.5, 0.6) is 0 Å². The maximum Gasteiger partial charge on any atom is 0.256 e. The lowest BCUT2D eigenvalue weighted by molar-refractivity contribution is -0.140. The van der Waals surface area contributed by atoms with E-state index in [-0.39, 0.29) is 29.7 Å². The number of carbonyl (C=O) groups is 3. The molecule has 3 N–H and O–H groups in total. The van der Waals surface area contributed by atoms with Crippen LogP contribution in [-0.2, 0) is 14.3 Å². The third-order valence-electron chi connectivity index (χ3n) is 7.23. The molecule has 2 fully saturated rings. The van der Waals surface area contributed by atoms with Gasteiger partial charge in [0.05, 0.1) is 30.3 Å². The number of hydrogen-bond donors (Lipinski definition) is 3. The molecule has 3 aliphatic rings. The van der Waals surface area contributed by atoms with Gasteiger partial charge in [0.1, 0.15) is 5.82 Å². The molecule has 1 aromatic carbocycles. The normalized spacial score (nSPS) is 22.9. The van der Waals surface area contributed by atoms with Gasteiger partial charge in [-0.3, -0.25) is 14.4 Å². The van der Waals surface area contributed by atoms with E-state index in [1.807, 2.05) is 11.8 Å². The van der Waals surface area contributed by atoms with Crippen molar-refractivity contribution in [1.29, 1.82) is 0 Å². The minimum absolute atomic E-state index is 0.0854. The number of carbonyl (C=O) groups excluding carboxylic acids is 3. The van der Waals surface area contributed by atoms with Crippen molar-refractivity contribution in [1.82, 2.24) is 15.2 Å². The Morgan fingerprint density at radius 2 is 1.97 bits per heavy atom. The van der Waals surface area contributed by atoms with Gasteiger partial charge in [-0.05, 0) is 56.5 Å². The van der Waals surface area contributed by atoms with Gasteiger partial charge in [-0.25, -0.2) is 4.39 Å². The number of aryl methyl sites for hydroxylation is 1. The Labute approximate surface area is 202 Å². The first-order valence-electron chi connectivity index (χ1n) is 12.0. The second-order valence-electron chi connectivity index (χ2n) is 9.42. The number of fused-ring (bicyclic) bond motifs is 1. The summed E-state index contributed by atoms with van der Waals surface area (Å²) in [6.07, 6.45) is 4.06. The van der Waals surface area contributed by atoms with Crippen molar-refractivity contribution in [3.8, 4) is 0 Å². The topological polar surface area (TPSA) is 104 Å². The molecule has 1 saturated heterocycles. The first-order chi connectivity index (χ1) is 16.8. The molecule has 184 valence electrons. The molecule has 0 spiro atoms. The zero-order chi connectivity index (χ0) is 24.7. The molecule has 3 heterocycles. The maximum atomic E-state index is 13.8. The number of nitrogens with zero attached hydrogens (tertiary/aromatic N) is 1. The van der Waals surface area contributed by atoms with Gasteiger partial charge >= 0.3 is 0 Å². The average molecular weight is 481 g/mol. The van der Waals surface area contributed by atoms with E-state index in [1.54, 1.807) is 13.0 Å². The summed E-state index contributed by atoms with van der Waals surface area (Å²) in [5.74, 6) is -1.13. The highest BCUT2D eigenvalue weighted by Crippen LogP contribution is 2.35. The van der Waals surface area contributed by atoms with Gasteiger partial charge in [0, 0.05) is 41.8 Å². The van der Waals surface area contributed by atoms with Crippen LogP contribution in [0.1, 0.15) is 52.1 Å². The Balaban J connectivity index is 1.36. The van der Waals surface area contributed by atoms with Crippen molar-refractivity contribution in [3.05, 3.63) is 52.1 Å². The Morgan fingerprint density at radius 3 is 2.74 bits per heavy atom. The highest BCUT2D eigenvalue weighted by Gasteiger charge is 2.37. The van der Waals surface area contributed by atoms with Crippen molar-refractivity contribution in [3.63, 3.8) is 0 Å². The third kappa shape index (κ3) is 4.36. The average Bonchev–Trinajstić information content (AvgIpc) is 3.50. The molecule has 2 aliphatic heterocycles. The van der Waals surface area contributed by atoms with Crippen molar-refractivity contribution >= 4 is 35.1 Å². The van der Waals surface area contributed by atoms with Crippen molar-refractivity contribution in [2.24, 2.45) is 5.92 Å². The van der Waals surface area contributed by atoms with Gasteiger partial charge in [0.25, 0.3) is 11.8 Å². The summed E-state index contributed by atoms with van der Waals surface area (Å²) in [6.45, 7) is 5.89. The molecule has 1 aromatic heterocycles. The second kappa shape index (κ2) is 9.30. The number of halogens is 1. The Hall–Kier alpha value is -3.46. The van der Waals surface area contributed by atoms with E-state index in [1.165, 1.54) is 18.2 Å². The summed E-state index contributed by atoms with van der Waals surface area (Å²) in [5, 5.41) is 5.84. The van der Waals surface area contributed by atoms with Crippen molar-refractivity contribution < 1.29 is 23.5 Å². The van der Waals surface area contributed by atoms with Crippen LogP contribution in [0.25, 0.3) is 11.6 Å².